The lowest BCUT2D eigenvalue weighted by Crippen LogP contribution is -1.96. The summed E-state index contributed by atoms with van der Waals surface area (Å²) in [5, 5.41) is 0. The largest absolute Gasteiger partial charge is 0.497 e. The Bertz CT molecular complexity index is 568. The second-order valence-corrected chi connectivity index (χ2v) is 3.91. The Morgan fingerprint density at radius 2 is 1.61 bits per heavy atom. The normalized spacial score (nSPS) is 10.1. The summed E-state index contributed by atoms with van der Waals surface area (Å²) < 4.78 is 10.6. The van der Waals surface area contributed by atoms with Crippen molar-refractivity contribution in [3.63, 3.8) is 0 Å². The Morgan fingerprint density at radius 3 is 2.22 bits per heavy atom. The number of benzene rings is 2. The highest BCUT2D eigenvalue weighted by molar-refractivity contribution is 5.83. The molecule has 0 radical (unpaired) electrons. The molecule has 0 aliphatic rings. The highest BCUT2D eigenvalue weighted by Crippen LogP contribution is 2.37. The molecule has 0 saturated carbocycles. The molecule has 0 unspecified atom stereocenters. The molecule has 4 heteroatoms. The van der Waals surface area contributed by atoms with E-state index < -0.39 is 0 Å². The van der Waals surface area contributed by atoms with Gasteiger partial charge in [-0.05, 0) is 30.3 Å². The van der Waals surface area contributed by atoms with Crippen LogP contribution in [0, 0.1) is 0 Å². The fourth-order valence-corrected chi connectivity index (χ4v) is 1.85. The number of ether oxygens (including phenoxy) is 2. The number of hydrogen-bond donors (Lipinski definition) is 2. The van der Waals surface area contributed by atoms with Gasteiger partial charge < -0.3 is 20.9 Å². The van der Waals surface area contributed by atoms with Crippen LogP contribution in [0.1, 0.15) is 0 Å². The maximum Gasteiger partial charge on any atom is 0.127 e. The van der Waals surface area contributed by atoms with Crippen LogP contribution in [0.2, 0.25) is 0 Å². The van der Waals surface area contributed by atoms with E-state index in [0.29, 0.717) is 11.4 Å². The van der Waals surface area contributed by atoms with Gasteiger partial charge in [-0.3, -0.25) is 0 Å². The van der Waals surface area contributed by atoms with Crippen LogP contribution in [0.3, 0.4) is 0 Å². The van der Waals surface area contributed by atoms with Crippen molar-refractivity contribution in [1.82, 2.24) is 0 Å². The summed E-state index contributed by atoms with van der Waals surface area (Å²) in [4.78, 5) is 0. The molecule has 0 saturated heterocycles. The molecule has 0 bridgehead atoms. The molecule has 2 aromatic rings. The molecule has 4 N–H and O–H groups in total. The number of methoxy groups -OCH3 is 2. The van der Waals surface area contributed by atoms with Gasteiger partial charge in [-0.25, -0.2) is 0 Å². The fourth-order valence-electron chi connectivity index (χ4n) is 1.85. The highest BCUT2D eigenvalue weighted by Gasteiger charge is 2.10. The first kappa shape index (κ1) is 12.1. The van der Waals surface area contributed by atoms with Crippen LogP contribution in [-0.2, 0) is 0 Å². The van der Waals surface area contributed by atoms with Gasteiger partial charge in [0, 0.05) is 22.5 Å². The average Bonchev–Trinajstić information content (AvgIpc) is 2.38. The van der Waals surface area contributed by atoms with E-state index in [4.69, 9.17) is 20.9 Å². The van der Waals surface area contributed by atoms with Crippen molar-refractivity contribution in [3.05, 3.63) is 36.4 Å². The smallest absolute Gasteiger partial charge is 0.127 e. The van der Waals surface area contributed by atoms with Crippen molar-refractivity contribution in [2.24, 2.45) is 0 Å². The first-order valence-electron chi connectivity index (χ1n) is 5.53. The third kappa shape index (κ3) is 2.18. The molecular weight excluding hydrogens is 228 g/mol. The van der Waals surface area contributed by atoms with Crippen molar-refractivity contribution in [1.29, 1.82) is 0 Å². The minimum Gasteiger partial charge on any atom is -0.497 e. The maximum atomic E-state index is 5.99. The van der Waals surface area contributed by atoms with E-state index in [1.165, 1.54) is 0 Å². The molecular formula is C14H16N2O2. The lowest BCUT2D eigenvalue weighted by atomic mass is 10.0. The number of nitrogen functional groups attached to an aromatic ring is 2. The summed E-state index contributed by atoms with van der Waals surface area (Å²) in [6.07, 6.45) is 0. The van der Waals surface area contributed by atoms with Gasteiger partial charge >= 0.3 is 0 Å². The zero-order valence-electron chi connectivity index (χ0n) is 10.4. The summed E-state index contributed by atoms with van der Waals surface area (Å²) >= 11 is 0. The van der Waals surface area contributed by atoms with E-state index >= 15 is 0 Å². The molecule has 2 aromatic carbocycles. The molecule has 0 atom stereocenters. The molecule has 0 fully saturated rings. The monoisotopic (exact) mass is 244 g/mol. The van der Waals surface area contributed by atoms with Crippen molar-refractivity contribution in [2.75, 3.05) is 25.7 Å². The van der Waals surface area contributed by atoms with Gasteiger partial charge in [-0.15, -0.1) is 0 Å². The van der Waals surface area contributed by atoms with Crippen molar-refractivity contribution < 1.29 is 9.47 Å². The van der Waals surface area contributed by atoms with Gasteiger partial charge in [0.1, 0.15) is 11.5 Å². The molecule has 0 spiro atoms. The molecule has 0 aliphatic carbocycles. The number of nitrogens with two attached hydrogens (primary N) is 2. The lowest BCUT2D eigenvalue weighted by Gasteiger charge is -2.12. The Kier molecular flexibility index (Phi) is 3.28. The van der Waals surface area contributed by atoms with E-state index in [-0.39, 0.29) is 0 Å². The lowest BCUT2D eigenvalue weighted by molar-refractivity contribution is 0.404. The molecule has 0 heterocycles. The molecule has 94 valence electrons. The van der Waals surface area contributed by atoms with E-state index in [0.717, 1.165) is 22.6 Å². The standard InChI is InChI=1S/C14H16N2O2/c1-17-10-4-6-14(18-2)12(8-10)11-5-3-9(15)7-13(11)16/h3-8H,15-16H2,1-2H3. The van der Waals surface area contributed by atoms with Crippen LogP contribution >= 0.6 is 0 Å². The van der Waals surface area contributed by atoms with Gasteiger partial charge in [-0.2, -0.15) is 0 Å². The Labute approximate surface area is 106 Å². The zero-order chi connectivity index (χ0) is 13.1. The predicted molar refractivity (Wildman–Crippen MR) is 73.8 cm³/mol. The highest BCUT2D eigenvalue weighted by atomic mass is 16.5. The Balaban J connectivity index is 2.60. The minimum atomic E-state index is 0.613. The van der Waals surface area contributed by atoms with E-state index in [9.17, 15) is 0 Å². The van der Waals surface area contributed by atoms with Crippen LogP contribution in [-0.4, -0.2) is 14.2 Å². The summed E-state index contributed by atoms with van der Waals surface area (Å²) in [5.41, 5.74) is 14.7. The maximum absolute atomic E-state index is 5.99. The van der Waals surface area contributed by atoms with Gasteiger partial charge in [0.05, 0.1) is 14.2 Å². The summed E-state index contributed by atoms with van der Waals surface area (Å²) in [6.45, 7) is 0. The quantitative estimate of drug-likeness (QED) is 0.814. The molecule has 0 aromatic heterocycles. The minimum absolute atomic E-state index is 0.613. The third-order valence-corrected chi connectivity index (χ3v) is 2.77. The third-order valence-electron chi connectivity index (χ3n) is 2.77. The van der Waals surface area contributed by atoms with Crippen LogP contribution in [0.15, 0.2) is 36.4 Å². The molecule has 0 amide bonds. The number of rotatable bonds is 3. The van der Waals surface area contributed by atoms with Crippen LogP contribution in [0.25, 0.3) is 11.1 Å². The second-order valence-electron chi connectivity index (χ2n) is 3.91. The SMILES string of the molecule is COc1ccc(OC)c(-c2ccc(N)cc2N)c1. The van der Waals surface area contributed by atoms with Crippen LogP contribution < -0.4 is 20.9 Å². The molecule has 2 rings (SSSR count). The summed E-state index contributed by atoms with van der Waals surface area (Å²) in [6, 6.07) is 11.0. The van der Waals surface area contributed by atoms with E-state index in [2.05, 4.69) is 0 Å². The van der Waals surface area contributed by atoms with Crippen molar-refractivity contribution >= 4 is 11.4 Å². The summed E-state index contributed by atoms with van der Waals surface area (Å²) in [7, 11) is 3.25. The van der Waals surface area contributed by atoms with Crippen LogP contribution in [0.5, 0.6) is 11.5 Å². The zero-order valence-corrected chi connectivity index (χ0v) is 10.4. The average molecular weight is 244 g/mol. The fraction of sp³-hybridized carbons (Fsp3) is 0.143. The Hall–Kier alpha value is -2.36. The van der Waals surface area contributed by atoms with Crippen LogP contribution in [0.4, 0.5) is 11.4 Å². The summed E-state index contributed by atoms with van der Waals surface area (Å²) in [5.74, 6) is 1.49. The van der Waals surface area contributed by atoms with Crippen molar-refractivity contribution in [3.8, 4) is 22.6 Å². The Morgan fingerprint density at radius 1 is 0.833 bits per heavy atom. The van der Waals surface area contributed by atoms with Gasteiger partial charge in [0.25, 0.3) is 0 Å². The topological polar surface area (TPSA) is 70.5 Å². The molecule has 0 aliphatic heterocycles. The predicted octanol–water partition coefficient (Wildman–Crippen LogP) is 2.54. The van der Waals surface area contributed by atoms with Gasteiger partial charge in [-0.1, -0.05) is 6.07 Å². The first-order valence-corrected chi connectivity index (χ1v) is 5.53. The molecule has 4 nitrogen and oxygen atoms in total. The van der Waals surface area contributed by atoms with Crippen molar-refractivity contribution in [2.45, 2.75) is 0 Å². The first-order chi connectivity index (χ1) is 8.65. The molecule has 18 heavy (non-hydrogen) atoms. The number of anilines is 2. The number of hydrogen-bond acceptors (Lipinski definition) is 4. The van der Waals surface area contributed by atoms with Gasteiger partial charge in [0.15, 0.2) is 0 Å². The van der Waals surface area contributed by atoms with E-state index in [1.807, 2.05) is 30.3 Å². The van der Waals surface area contributed by atoms with Gasteiger partial charge in [0.2, 0.25) is 0 Å². The second kappa shape index (κ2) is 4.87. The van der Waals surface area contributed by atoms with E-state index in [1.54, 1.807) is 20.3 Å².